The average molecular weight is 416 g/mol. The molecule has 166 valence electrons. The summed E-state index contributed by atoms with van der Waals surface area (Å²) in [6.07, 6.45) is 5.27. The van der Waals surface area contributed by atoms with Crippen LogP contribution in [0.3, 0.4) is 0 Å². The number of urea groups is 1. The Balaban J connectivity index is 1.78. The fraction of sp³-hybridized carbons (Fsp3) is 0.667. The molecule has 1 heterocycles. The molecule has 6 nitrogen and oxygen atoms in total. The first-order valence-corrected chi connectivity index (χ1v) is 11.4. The predicted octanol–water partition coefficient (Wildman–Crippen LogP) is 4.30. The highest BCUT2D eigenvalue weighted by atomic mass is 16.3. The maximum Gasteiger partial charge on any atom is 0.321 e. The number of rotatable bonds is 7. The lowest BCUT2D eigenvalue weighted by atomic mass is 9.81. The van der Waals surface area contributed by atoms with Crippen LogP contribution in [0.2, 0.25) is 0 Å². The van der Waals surface area contributed by atoms with E-state index in [0.717, 1.165) is 42.5 Å². The van der Waals surface area contributed by atoms with Gasteiger partial charge in [-0.15, -0.1) is 0 Å². The smallest absolute Gasteiger partial charge is 0.321 e. The van der Waals surface area contributed by atoms with Crippen LogP contribution in [0.15, 0.2) is 18.2 Å². The summed E-state index contributed by atoms with van der Waals surface area (Å²) in [6, 6.07) is 6.05. The molecule has 30 heavy (non-hydrogen) atoms. The van der Waals surface area contributed by atoms with Gasteiger partial charge >= 0.3 is 6.03 Å². The predicted molar refractivity (Wildman–Crippen MR) is 120 cm³/mol. The van der Waals surface area contributed by atoms with E-state index >= 15 is 0 Å². The number of hydrogen-bond donors (Lipinski definition) is 2. The lowest BCUT2D eigenvalue weighted by Gasteiger charge is -2.39. The van der Waals surface area contributed by atoms with Gasteiger partial charge in [0.1, 0.15) is 6.54 Å². The molecule has 0 aromatic heterocycles. The number of aliphatic hydroxyl groups is 1. The molecule has 0 atom stereocenters. The zero-order chi connectivity index (χ0) is 21.9. The van der Waals surface area contributed by atoms with E-state index in [1.807, 2.05) is 11.0 Å². The zero-order valence-corrected chi connectivity index (χ0v) is 18.9. The second kappa shape index (κ2) is 9.38. The van der Waals surface area contributed by atoms with Gasteiger partial charge in [-0.2, -0.15) is 0 Å². The summed E-state index contributed by atoms with van der Waals surface area (Å²) in [5.41, 5.74) is 2.90. The number of amides is 3. The van der Waals surface area contributed by atoms with Crippen LogP contribution < -0.4 is 5.32 Å². The molecule has 1 aliphatic heterocycles. The first-order chi connectivity index (χ1) is 14.3. The number of benzene rings is 1. The molecule has 1 aromatic rings. The third kappa shape index (κ3) is 4.48. The third-order valence-corrected chi connectivity index (χ3v) is 6.64. The summed E-state index contributed by atoms with van der Waals surface area (Å²) in [5.74, 6) is 0.422. The Bertz CT molecular complexity index is 743. The largest absolute Gasteiger partial charge is 0.395 e. The Labute approximate surface area is 180 Å². The van der Waals surface area contributed by atoms with Crippen LogP contribution in [0.25, 0.3) is 0 Å². The second-order valence-electron chi connectivity index (χ2n) is 9.47. The average Bonchev–Trinajstić information content (AvgIpc) is 2.93. The molecule has 2 aliphatic rings. The molecule has 2 fully saturated rings. The Hall–Kier alpha value is -2.08. The quantitative estimate of drug-likeness (QED) is 0.697. The lowest BCUT2D eigenvalue weighted by Crippen LogP contribution is -2.49. The number of anilines is 1. The standard InChI is InChI=1S/C24H37N3O3/c1-17(2)19-9-8-10-20(18(3)4)22(19)25-21(29)15-26-16-24(11-6-5-7-12-24)27(13-14-28)23(26)30/h8-10,17-18,28H,5-7,11-16H2,1-4H3,(H,25,29). The van der Waals surface area contributed by atoms with Crippen molar-refractivity contribution in [3.63, 3.8) is 0 Å². The Morgan fingerprint density at radius 2 is 1.70 bits per heavy atom. The van der Waals surface area contributed by atoms with E-state index < -0.39 is 0 Å². The molecule has 1 saturated heterocycles. The summed E-state index contributed by atoms with van der Waals surface area (Å²) in [6.45, 7) is 9.40. The van der Waals surface area contributed by atoms with Crippen molar-refractivity contribution in [1.82, 2.24) is 9.80 Å². The number of aliphatic hydroxyl groups excluding tert-OH is 1. The maximum atomic E-state index is 13.1. The van der Waals surface area contributed by atoms with Gasteiger partial charge in [-0.05, 0) is 35.8 Å². The first-order valence-electron chi connectivity index (χ1n) is 11.4. The molecule has 1 spiro atoms. The van der Waals surface area contributed by atoms with Crippen LogP contribution >= 0.6 is 0 Å². The summed E-state index contributed by atoms with van der Waals surface area (Å²) in [7, 11) is 0. The van der Waals surface area contributed by atoms with Crippen LogP contribution in [-0.2, 0) is 4.79 Å². The van der Waals surface area contributed by atoms with E-state index in [4.69, 9.17) is 0 Å². The number of β-amino-alcohol motifs (C(OH)–C–C–N with tert-alkyl or cyclic N) is 1. The highest BCUT2D eigenvalue weighted by Crippen LogP contribution is 2.39. The molecule has 0 radical (unpaired) electrons. The van der Waals surface area contributed by atoms with Crippen molar-refractivity contribution in [2.45, 2.75) is 77.2 Å². The van der Waals surface area contributed by atoms with Gasteiger partial charge in [0.25, 0.3) is 0 Å². The molecule has 1 aliphatic carbocycles. The van der Waals surface area contributed by atoms with Gasteiger partial charge in [0.05, 0.1) is 12.1 Å². The van der Waals surface area contributed by atoms with Crippen molar-refractivity contribution in [1.29, 1.82) is 0 Å². The van der Waals surface area contributed by atoms with Crippen molar-refractivity contribution in [3.05, 3.63) is 29.3 Å². The molecular formula is C24H37N3O3. The number of carbonyl (C=O) groups is 2. The van der Waals surface area contributed by atoms with Gasteiger partial charge in [0, 0.05) is 18.8 Å². The van der Waals surface area contributed by atoms with Gasteiger partial charge in [-0.3, -0.25) is 4.79 Å². The fourth-order valence-corrected chi connectivity index (χ4v) is 5.12. The Morgan fingerprint density at radius 3 is 2.23 bits per heavy atom. The minimum atomic E-state index is -0.225. The monoisotopic (exact) mass is 415 g/mol. The summed E-state index contributed by atoms with van der Waals surface area (Å²) < 4.78 is 0. The first kappa shape index (κ1) is 22.6. The van der Waals surface area contributed by atoms with Gasteiger partial charge in [0.2, 0.25) is 5.91 Å². The van der Waals surface area contributed by atoms with Crippen LogP contribution in [0.1, 0.15) is 82.8 Å². The van der Waals surface area contributed by atoms with E-state index in [1.54, 1.807) is 4.90 Å². The zero-order valence-electron chi connectivity index (χ0n) is 18.9. The van der Waals surface area contributed by atoms with E-state index in [1.165, 1.54) is 6.42 Å². The fourth-order valence-electron chi connectivity index (χ4n) is 5.12. The van der Waals surface area contributed by atoms with Crippen molar-refractivity contribution < 1.29 is 14.7 Å². The molecule has 6 heteroatoms. The van der Waals surface area contributed by atoms with Gasteiger partial charge in [0.15, 0.2) is 0 Å². The number of carbonyl (C=O) groups excluding carboxylic acids is 2. The maximum absolute atomic E-state index is 13.1. The van der Waals surface area contributed by atoms with Crippen LogP contribution in [-0.4, -0.2) is 58.6 Å². The topological polar surface area (TPSA) is 72.9 Å². The number of nitrogens with one attached hydrogen (secondary N) is 1. The summed E-state index contributed by atoms with van der Waals surface area (Å²) >= 11 is 0. The highest BCUT2D eigenvalue weighted by molar-refractivity contribution is 5.96. The van der Waals surface area contributed by atoms with Gasteiger partial charge in [-0.25, -0.2) is 4.79 Å². The van der Waals surface area contributed by atoms with Crippen molar-refractivity contribution >= 4 is 17.6 Å². The molecule has 1 saturated carbocycles. The van der Waals surface area contributed by atoms with Gasteiger partial charge < -0.3 is 20.2 Å². The molecule has 3 rings (SSSR count). The van der Waals surface area contributed by atoms with Crippen LogP contribution in [0.5, 0.6) is 0 Å². The molecule has 0 unspecified atom stereocenters. The number of para-hydroxylation sites is 1. The molecule has 1 aromatic carbocycles. The third-order valence-electron chi connectivity index (χ3n) is 6.64. The highest BCUT2D eigenvalue weighted by Gasteiger charge is 2.49. The van der Waals surface area contributed by atoms with E-state index in [0.29, 0.717) is 13.1 Å². The van der Waals surface area contributed by atoms with Crippen LogP contribution in [0, 0.1) is 0 Å². The van der Waals surface area contributed by atoms with Crippen molar-refractivity contribution in [2.75, 3.05) is 31.6 Å². The number of nitrogens with zero attached hydrogens (tertiary/aromatic N) is 2. The van der Waals surface area contributed by atoms with E-state index in [-0.39, 0.29) is 42.5 Å². The van der Waals surface area contributed by atoms with E-state index in [9.17, 15) is 14.7 Å². The van der Waals surface area contributed by atoms with Crippen LogP contribution in [0.4, 0.5) is 10.5 Å². The molecular weight excluding hydrogens is 378 g/mol. The minimum Gasteiger partial charge on any atom is -0.395 e. The van der Waals surface area contributed by atoms with Crippen molar-refractivity contribution in [3.8, 4) is 0 Å². The summed E-state index contributed by atoms with van der Waals surface area (Å²) in [5, 5.41) is 12.6. The number of hydrogen-bond acceptors (Lipinski definition) is 3. The Morgan fingerprint density at radius 1 is 1.10 bits per heavy atom. The minimum absolute atomic E-state index is 0.0481. The molecule has 2 N–H and O–H groups in total. The normalized spacial score (nSPS) is 18.7. The lowest BCUT2D eigenvalue weighted by molar-refractivity contribution is -0.116. The molecule has 3 amide bonds. The van der Waals surface area contributed by atoms with Gasteiger partial charge in [-0.1, -0.05) is 65.2 Å². The van der Waals surface area contributed by atoms with E-state index in [2.05, 4.69) is 45.1 Å². The second-order valence-corrected chi connectivity index (χ2v) is 9.47. The Kier molecular flexibility index (Phi) is 7.06. The van der Waals surface area contributed by atoms with Crippen molar-refractivity contribution in [2.24, 2.45) is 0 Å². The molecule has 0 bridgehead atoms. The summed E-state index contributed by atoms with van der Waals surface area (Å²) in [4.78, 5) is 29.6. The SMILES string of the molecule is CC(C)c1cccc(C(C)C)c1NC(=O)CN1CC2(CCCCC2)N(CCO)C1=O.